The van der Waals surface area contributed by atoms with Gasteiger partial charge < -0.3 is 4.74 Å². The zero-order chi connectivity index (χ0) is 14.8. The lowest BCUT2D eigenvalue weighted by Crippen LogP contribution is -2.04. The Balaban J connectivity index is 2.18. The molecule has 3 rings (SSSR count). The fourth-order valence-electron chi connectivity index (χ4n) is 1.99. The molecule has 0 N–H and O–H groups in total. The first-order valence-electron chi connectivity index (χ1n) is 6.17. The fraction of sp³-hybridized carbons (Fsp3) is 0.0667. The summed E-state index contributed by atoms with van der Waals surface area (Å²) >= 11 is 1.52. The number of ether oxygens (including phenoxy) is 1. The number of nitrogens with zero attached hydrogens (tertiary/aromatic N) is 2. The van der Waals surface area contributed by atoms with E-state index in [0.717, 1.165) is 10.6 Å². The van der Waals surface area contributed by atoms with E-state index < -0.39 is 5.97 Å². The van der Waals surface area contributed by atoms with Crippen LogP contribution >= 0.6 is 11.3 Å². The molecule has 106 valence electrons. The molecule has 0 aliphatic carbocycles. The largest absolute Gasteiger partial charge is 0.464 e. The molecule has 0 spiro atoms. The average molecular weight is 302 g/mol. The van der Waals surface area contributed by atoms with Crippen LogP contribution in [-0.4, -0.2) is 22.9 Å². The quantitative estimate of drug-likeness (QED) is 0.695. The molecule has 3 aromatic rings. The van der Waals surface area contributed by atoms with Gasteiger partial charge in [0.2, 0.25) is 0 Å². The Kier molecular flexibility index (Phi) is 3.53. The lowest BCUT2D eigenvalue weighted by molar-refractivity contribution is 0.0593. The van der Waals surface area contributed by atoms with Gasteiger partial charge in [-0.2, -0.15) is 5.10 Å². The molecule has 0 fully saturated rings. The summed E-state index contributed by atoms with van der Waals surface area (Å²) in [6.07, 6.45) is 0. The van der Waals surface area contributed by atoms with Crippen molar-refractivity contribution in [3.63, 3.8) is 0 Å². The summed E-state index contributed by atoms with van der Waals surface area (Å²) in [4.78, 5) is 12.6. The van der Waals surface area contributed by atoms with E-state index in [2.05, 4.69) is 5.10 Å². The molecule has 0 radical (unpaired) electrons. The molecular weight excluding hydrogens is 291 g/mol. The Morgan fingerprint density at radius 1 is 1.29 bits per heavy atom. The van der Waals surface area contributed by atoms with Crippen molar-refractivity contribution in [3.8, 4) is 16.3 Å². The number of methoxy groups -OCH3 is 1. The highest BCUT2D eigenvalue weighted by Crippen LogP contribution is 2.28. The van der Waals surface area contributed by atoms with Gasteiger partial charge in [-0.25, -0.2) is 13.9 Å². The molecule has 4 nitrogen and oxygen atoms in total. The number of benzene rings is 1. The van der Waals surface area contributed by atoms with Gasteiger partial charge in [-0.15, -0.1) is 11.3 Å². The van der Waals surface area contributed by atoms with Crippen LogP contribution in [0.1, 0.15) is 10.5 Å². The van der Waals surface area contributed by atoms with E-state index in [1.807, 2.05) is 17.5 Å². The predicted octanol–water partition coefficient (Wildman–Crippen LogP) is 3.53. The predicted molar refractivity (Wildman–Crippen MR) is 78.2 cm³/mol. The number of hydrogen-bond acceptors (Lipinski definition) is 4. The minimum absolute atomic E-state index is 0.185. The molecule has 0 unspecified atom stereocenters. The first-order chi connectivity index (χ1) is 10.2. The van der Waals surface area contributed by atoms with Gasteiger partial charge in [0.05, 0.1) is 23.4 Å². The van der Waals surface area contributed by atoms with Crippen molar-refractivity contribution in [2.45, 2.75) is 0 Å². The molecule has 0 atom stereocenters. The van der Waals surface area contributed by atoms with E-state index >= 15 is 0 Å². The average Bonchev–Trinajstić information content (AvgIpc) is 3.15. The Hall–Kier alpha value is -2.47. The van der Waals surface area contributed by atoms with Crippen molar-refractivity contribution in [1.82, 2.24) is 9.78 Å². The van der Waals surface area contributed by atoms with Crippen molar-refractivity contribution in [2.24, 2.45) is 0 Å². The molecule has 0 amide bonds. The zero-order valence-corrected chi connectivity index (χ0v) is 11.9. The Morgan fingerprint density at radius 2 is 2.14 bits per heavy atom. The summed E-state index contributed by atoms with van der Waals surface area (Å²) in [7, 11) is 1.30. The monoisotopic (exact) mass is 302 g/mol. The second-order valence-electron chi connectivity index (χ2n) is 4.28. The summed E-state index contributed by atoms with van der Waals surface area (Å²) in [5.74, 6) is -0.886. The maximum Gasteiger partial charge on any atom is 0.358 e. The standard InChI is InChI=1S/C15H11FN2O2S/c1-20-15(19)12-9-13(14-6-3-7-21-14)18(17-12)11-5-2-4-10(16)8-11/h2-9H,1H3. The maximum absolute atomic E-state index is 13.4. The molecule has 0 saturated heterocycles. The van der Waals surface area contributed by atoms with Crippen LogP contribution in [-0.2, 0) is 4.74 Å². The number of thiophene rings is 1. The molecule has 2 heterocycles. The molecule has 0 aliphatic heterocycles. The second-order valence-corrected chi connectivity index (χ2v) is 5.22. The van der Waals surface area contributed by atoms with Crippen LogP contribution in [0.25, 0.3) is 16.3 Å². The summed E-state index contributed by atoms with van der Waals surface area (Å²) in [5.41, 5.74) is 1.45. The van der Waals surface area contributed by atoms with Gasteiger partial charge in [-0.3, -0.25) is 0 Å². The van der Waals surface area contributed by atoms with Crippen LogP contribution in [0.15, 0.2) is 47.8 Å². The first kappa shape index (κ1) is 13.5. The van der Waals surface area contributed by atoms with Crippen LogP contribution in [0, 0.1) is 5.82 Å². The number of hydrogen-bond donors (Lipinski definition) is 0. The van der Waals surface area contributed by atoms with Crippen LogP contribution < -0.4 is 0 Å². The van der Waals surface area contributed by atoms with E-state index in [0.29, 0.717) is 5.69 Å². The molecule has 0 aliphatic rings. The number of carbonyl (C=O) groups excluding carboxylic acids is 1. The highest BCUT2D eigenvalue weighted by atomic mass is 32.1. The van der Waals surface area contributed by atoms with E-state index in [1.54, 1.807) is 22.9 Å². The Morgan fingerprint density at radius 3 is 2.81 bits per heavy atom. The van der Waals surface area contributed by atoms with Crippen LogP contribution in [0.5, 0.6) is 0 Å². The normalized spacial score (nSPS) is 10.6. The van der Waals surface area contributed by atoms with Gasteiger partial charge in [0.25, 0.3) is 0 Å². The van der Waals surface area contributed by atoms with Crippen molar-refractivity contribution >= 4 is 17.3 Å². The number of halogens is 1. The number of esters is 1. The Labute approximate surface area is 124 Å². The molecule has 0 saturated carbocycles. The van der Waals surface area contributed by atoms with Crippen molar-refractivity contribution < 1.29 is 13.9 Å². The third-order valence-corrected chi connectivity index (χ3v) is 3.82. The molecule has 6 heteroatoms. The third kappa shape index (κ3) is 2.57. The summed E-state index contributed by atoms with van der Waals surface area (Å²) in [6.45, 7) is 0. The van der Waals surface area contributed by atoms with Crippen LogP contribution in [0.3, 0.4) is 0 Å². The fourth-order valence-corrected chi connectivity index (χ4v) is 2.72. The van der Waals surface area contributed by atoms with E-state index in [9.17, 15) is 9.18 Å². The molecular formula is C15H11FN2O2S. The topological polar surface area (TPSA) is 44.1 Å². The zero-order valence-electron chi connectivity index (χ0n) is 11.1. The number of aromatic nitrogens is 2. The van der Waals surface area contributed by atoms with E-state index in [1.165, 1.54) is 30.6 Å². The smallest absolute Gasteiger partial charge is 0.358 e. The van der Waals surface area contributed by atoms with Crippen molar-refractivity contribution in [2.75, 3.05) is 7.11 Å². The minimum Gasteiger partial charge on any atom is -0.464 e. The molecule has 21 heavy (non-hydrogen) atoms. The Bertz CT molecular complexity index is 781. The number of rotatable bonds is 3. The lowest BCUT2D eigenvalue weighted by atomic mass is 10.2. The highest BCUT2D eigenvalue weighted by molar-refractivity contribution is 7.13. The van der Waals surface area contributed by atoms with Gasteiger partial charge in [-0.1, -0.05) is 12.1 Å². The number of carbonyl (C=O) groups is 1. The molecule has 0 bridgehead atoms. The van der Waals surface area contributed by atoms with Gasteiger partial charge in [0.1, 0.15) is 5.82 Å². The minimum atomic E-state index is -0.525. The lowest BCUT2D eigenvalue weighted by Gasteiger charge is -2.05. The molecule has 2 aromatic heterocycles. The van der Waals surface area contributed by atoms with Crippen LogP contribution in [0.2, 0.25) is 0 Å². The highest BCUT2D eigenvalue weighted by Gasteiger charge is 2.17. The third-order valence-electron chi connectivity index (χ3n) is 2.93. The van der Waals surface area contributed by atoms with Gasteiger partial charge in [0, 0.05) is 6.07 Å². The first-order valence-corrected chi connectivity index (χ1v) is 7.05. The summed E-state index contributed by atoms with van der Waals surface area (Å²) in [5, 5.41) is 6.16. The van der Waals surface area contributed by atoms with Gasteiger partial charge in [-0.05, 0) is 29.6 Å². The van der Waals surface area contributed by atoms with Gasteiger partial charge in [0.15, 0.2) is 5.69 Å². The van der Waals surface area contributed by atoms with E-state index in [4.69, 9.17) is 4.74 Å². The summed E-state index contributed by atoms with van der Waals surface area (Å²) in [6, 6.07) is 11.5. The summed E-state index contributed by atoms with van der Waals surface area (Å²) < 4.78 is 19.7. The van der Waals surface area contributed by atoms with Crippen molar-refractivity contribution in [3.05, 3.63) is 59.4 Å². The second kappa shape index (κ2) is 5.49. The van der Waals surface area contributed by atoms with Gasteiger partial charge >= 0.3 is 5.97 Å². The van der Waals surface area contributed by atoms with Crippen molar-refractivity contribution in [1.29, 1.82) is 0 Å². The van der Waals surface area contributed by atoms with Crippen LogP contribution in [0.4, 0.5) is 4.39 Å². The SMILES string of the molecule is COC(=O)c1cc(-c2cccs2)n(-c2cccc(F)c2)n1. The maximum atomic E-state index is 13.4. The van der Waals surface area contributed by atoms with E-state index in [-0.39, 0.29) is 11.5 Å². The molecule has 1 aromatic carbocycles.